The SMILES string of the molecule is OC[C@@H](O)COc1cnc(N(c2ccncc2)c2nn(Cc3ccccc3F)c3ccccc23)nc1. The van der Waals surface area contributed by atoms with Gasteiger partial charge in [0, 0.05) is 23.3 Å². The van der Waals surface area contributed by atoms with Crippen LogP contribution in [0.15, 0.2) is 85.5 Å². The van der Waals surface area contributed by atoms with Gasteiger partial charge in [0.05, 0.1) is 36.7 Å². The maximum absolute atomic E-state index is 14.4. The van der Waals surface area contributed by atoms with Crippen molar-refractivity contribution >= 4 is 28.4 Å². The van der Waals surface area contributed by atoms with E-state index in [9.17, 15) is 9.50 Å². The number of hydrogen-bond acceptors (Lipinski definition) is 8. The second-order valence-electron chi connectivity index (χ2n) is 8.00. The zero-order chi connectivity index (χ0) is 24.9. The summed E-state index contributed by atoms with van der Waals surface area (Å²) in [5, 5.41) is 24.2. The van der Waals surface area contributed by atoms with Crippen molar-refractivity contribution in [1.82, 2.24) is 24.7 Å². The molecule has 0 bridgehead atoms. The van der Waals surface area contributed by atoms with Crippen LogP contribution in [-0.4, -0.2) is 54.3 Å². The molecule has 2 aromatic carbocycles. The molecular formula is C26H23FN6O3. The molecule has 0 spiro atoms. The molecule has 0 saturated heterocycles. The first-order chi connectivity index (χ1) is 17.6. The van der Waals surface area contributed by atoms with Crippen molar-refractivity contribution in [2.45, 2.75) is 12.6 Å². The van der Waals surface area contributed by atoms with Crippen LogP contribution in [0.4, 0.5) is 21.8 Å². The summed E-state index contributed by atoms with van der Waals surface area (Å²) in [5.74, 6) is 0.945. The molecule has 0 aliphatic carbocycles. The largest absolute Gasteiger partial charge is 0.488 e. The van der Waals surface area contributed by atoms with E-state index in [0.29, 0.717) is 23.1 Å². The number of aliphatic hydroxyl groups is 2. The highest BCUT2D eigenvalue weighted by atomic mass is 19.1. The lowest BCUT2D eigenvalue weighted by Gasteiger charge is -2.21. The van der Waals surface area contributed by atoms with Crippen LogP contribution in [0.25, 0.3) is 10.9 Å². The molecule has 9 nitrogen and oxygen atoms in total. The molecular weight excluding hydrogens is 463 g/mol. The molecule has 0 aliphatic heterocycles. The molecule has 0 aliphatic rings. The number of para-hydroxylation sites is 1. The molecule has 0 unspecified atom stereocenters. The predicted molar refractivity (Wildman–Crippen MR) is 132 cm³/mol. The molecule has 2 N–H and O–H groups in total. The van der Waals surface area contributed by atoms with Crippen LogP contribution in [0.2, 0.25) is 0 Å². The lowest BCUT2D eigenvalue weighted by molar-refractivity contribution is 0.0534. The predicted octanol–water partition coefficient (Wildman–Crippen LogP) is 3.61. The average molecular weight is 487 g/mol. The fourth-order valence-electron chi connectivity index (χ4n) is 3.75. The minimum Gasteiger partial charge on any atom is -0.488 e. The Hall–Kier alpha value is -4.41. The van der Waals surface area contributed by atoms with E-state index in [1.54, 1.807) is 40.2 Å². The number of nitrogens with zero attached hydrogens (tertiary/aromatic N) is 6. The van der Waals surface area contributed by atoms with Crippen molar-refractivity contribution < 1.29 is 19.3 Å². The number of pyridine rings is 1. The first kappa shape index (κ1) is 23.3. The highest BCUT2D eigenvalue weighted by Gasteiger charge is 2.22. The molecule has 5 aromatic rings. The van der Waals surface area contributed by atoms with Crippen LogP contribution >= 0.6 is 0 Å². The van der Waals surface area contributed by atoms with Crippen molar-refractivity contribution in [2.24, 2.45) is 0 Å². The Morgan fingerprint density at radius 3 is 2.44 bits per heavy atom. The number of anilines is 3. The summed E-state index contributed by atoms with van der Waals surface area (Å²) in [7, 11) is 0. The summed E-state index contributed by atoms with van der Waals surface area (Å²) in [5.41, 5.74) is 2.08. The molecule has 36 heavy (non-hydrogen) atoms. The van der Waals surface area contributed by atoms with Gasteiger partial charge in [0.1, 0.15) is 18.5 Å². The van der Waals surface area contributed by atoms with Gasteiger partial charge < -0.3 is 14.9 Å². The zero-order valence-electron chi connectivity index (χ0n) is 19.1. The third-order valence-electron chi connectivity index (χ3n) is 5.52. The van der Waals surface area contributed by atoms with Gasteiger partial charge in [0.25, 0.3) is 0 Å². The first-order valence-corrected chi connectivity index (χ1v) is 11.3. The van der Waals surface area contributed by atoms with Gasteiger partial charge >= 0.3 is 0 Å². The van der Waals surface area contributed by atoms with Gasteiger partial charge in [-0.1, -0.05) is 30.3 Å². The van der Waals surface area contributed by atoms with Gasteiger partial charge in [-0.05, 0) is 30.3 Å². The van der Waals surface area contributed by atoms with E-state index >= 15 is 0 Å². The standard InChI is InChI=1S/C26H23FN6O3/c27-23-7-3-1-5-18(23)15-32-24-8-4-2-6-22(24)25(31-32)33(19-9-11-28-12-10-19)26-29-13-21(14-30-26)36-17-20(35)16-34/h1-14,20,34-35H,15-17H2/t20-/m1/s1. The average Bonchev–Trinajstić information content (AvgIpc) is 3.28. The van der Waals surface area contributed by atoms with Crippen LogP contribution < -0.4 is 9.64 Å². The van der Waals surface area contributed by atoms with Crippen LogP contribution in [0.3, 0.4) is 0 Å². The van der Waals surface area contributed by atoms with Gasteiger partial charge in [-0.25, -0.2) is 14.4 Å². The molecule has 0 fully saturated rings. The number of benzene rings is 2. The Bertz CT molecular complexity index is 1450. The summed E-state index contributed by atoms with van der Waals surface area (Å²) in [6.07, 6.45) is 5.30. The molecule has 0 saturated carbocycles. The lowest BCUT2D eigenvalue weighted by Crippen LogP contribution is -2.21. The van der Waals surface area contributed by atoms with E-state index in [2.05, 4.69) is 15.0 Å². The summed E-state index contributed by atoms with van der Waals surface area (Å²) < 4.78 is 21.6. The summed E-state index contributed by atoms with van der Waals surface area (Å²) >= 11 is 0. The number of ether oxygens (including phenoxy) is 1. The lowest BCUT2D eigenvalue weighted by atomic mass is 10.2. The van der Waals surface area contributed by atoms with Crippen LogP contribution in [0.1, 0.15) is 5.56 Å². The number of rotatable bonds is 9. The second kappa shape index (κ2) is 10.5. The van der Waals surface area contributed by atoms with Gasteiger partial charge in [-0.15, -0.1) is 0 Å². The van der Waals surface area contributed by atoms with Gasteiger partial charge in [-0.3, -0.25) is 14.6 Å². The van der Waals surface area contributed by atoms with E-state index < -0.39 is 12.7 Å². The quantitative estimate of drug-likeness (QED) is 0.325. The number of aliphatic hydroxyl groups excluding tert-OH is 2. The van der Waals surface area contributed by atoms with Crippen molar-refractivity contribution in [3.8, 4) is 5.75 Å². The Kier molecular flexibility index (Phi) is 6.78. The first-order valence-electron chi connectivity index (χ1n) is 11.3. The van der Waals surface area contributed by atoms with Crippen molar-refractivity contribution in [2.75, 3.05) is 18.1 Å². The topological polar surface area (TPSA) is 109 Å². The number of aromatic nitrogens is 5. The van der Waals surface area contributed by atoms with Crippen LogP contribution in [-0.2, 0) is 6.54 Å². The summed E-state index contributed by atoms with van der Waals surface area (Å²) in [6.45, 7) is -0.242. The van der Waals surface area contributed by atoms with Gasteiger partial charge in [-0.2, -0.15) is 5.10 Å². The molecule has 10 heteroatoms. The maximum atomic E-state index is 14.4. The third kappa shape index (κ3) is 4.85. The normalized spacial score (nSPS) is 12.0. The molecule has 5 rings (SSSR count). The Morgan fingerprint density at radius 1 is 0.972 bits per heavy atom. The Labute approximate surface area is 206 Å². The molecule has 0 radical (unpaired) electrons. The molecule has 182 valence electrons. The highest BCUT2D eigenvalue weighted by Crippen LogP contribution is 2.36. The summed E-state index contributed by atoms with van der Waals surface area (Å²) in [6, 6.07) is 18.0. The Morgan fingerprint density at radius 2 is 1.69 bits per heavy atom. The monoisotopic (exact) mass is 486 g/mol. The van der Waals surface area contributed by atoms with Crippen LogP contribution in [0.5, 0.6) is 5.75 Å². The molecule has 3 heterocycles. The molecule has 0 amide bonds. The smallest absolute Gasteiger partial charge is 0.236 e. The Balaban J connectivity index is 1.57. The fraction of sp³-hybridized carbons (Fsp3) is 0.154. The van der Waals surface area contributed by atoms with Crippen molar-refractivity contribution in [3.63, 3.8) is 0 Å². The molecule has 1 atom stereocenters. The van der Waals surface area contributed by atoms with Crippen molar-refractivity contribution in [1.29, 1.82) is 0 Å². The van der Waals surface area contributed by atoms with Gasteiger partial charge in [0.2, 0.25) is 5.95 Å². The summed E-state index contributed by atoms with van der Waals surface area (Å²) in [4.78, 5) is 14.8. The van der Waals surface area contributed by atoms with Crippen LogP contribution in [0, 0.1) is 5.82 Å². The number of fused-ring (bicyclic) bond motifs is 1. The van der Waals surface area contributed by atoms with E-state index in [4.69, 9.17) is 14.9 Å². The third-order valence-corrected chi connectivity index (χ3v) is 5.52. The number of hydrogen-bond donors (Lipinski definition) is 2. The minimum absolute atomic E-state index is 0.0850. The maximum Gasteiger partial charge on any atom is 0.236 e. The van der Waals surface area contributed by atoms with E-state index in [1.807, 2.05) is 36.4 Å². The highest BCUT2D eigenvalue weighted by molar-refractivity contribution is 5.94. The molecule has 3 aromatic heterocycles. The van der Waals surface area contributed by atoms with Gasteiger partial charge in [0.15, 0.2) is 11.6 Å². The zero-order valence-corrected chi connectivity index (χ0v) is 19.1. The van der Waals surface area contributed by atoms with Crippen molar-refractivity contribution in [3.05, 3.63) is 96.8 Å². The van der Waals surface area contributed by atoms with E-state index in [0.717, 1.165) is 16.6 Å². The van der Waals surface area contributed by atoms with E-state index in [-0.39, 0.29) is 19.0 Å². The second-order valence-corrected chi connectivity index (χ2v) is 8.00. The number of halogens is 1. The fourth-order valence-corrected chi connectivity index (χ4v) is 3.75. The minimum atomic E-state index is -0.997. The van der Waals surface area contributed by atoms with E-state index in [1.165, 1.54) is 18.5 Å².